The molecule has 2 N–H and O–H groups in total. The number of aryl methyl sites for hydroxylation is 3. The van der Waals surface area contributed by atoms with Crippen LogP contribution in [0.25, 0.3) is 0 Å². The van der Waals surface area contributed by atoms with Gasteiger partial charge in [-0.05, 0) is 31.9 Å². The lowest BCUT2D eigenvalue weighted by atomic mass is 10.0. The highest BCUT2D eigenvalue weighted by Crippen LogP contribution is 2.25. The lowest BCUT2D eigenvalue weighted by molar-refractivity contribution is 0.585. The number of pyridine rings is 1. The molecular weight excluding hydrogens is 272 g/mol. The van der Waals surface area contributed by atoms with Crippen LogP contribution in [-0.4, -0.2) is 14.8 Å². The molecule has 0 amide bonds. The fourth-order valence-electron chi connectivity index (χ4n) is 2.24. The Morgan fingerprint density at radius 3 is 2.65 bits per heavy atom. The minimum Gasteiger partial charge on any atom is -0.324 e. The van der Waals surface area contributed by atoms with Gasteiger partial charge in [0.05, 0.1) is 16.4 Å². The molecule has 0 fully saturated rings. The molecule has 0 aromatic carbocycles. The highest BCUT2D eigenvalue weighted by molar-refractivity contribution is 6.31. The Morgan fingerprint density at radius 1 is 1.35 bits per heavy atom. The third kappa shape index (κ3) is 3.02. The smallest absolute Gasteiger partial charge is 0.0850 e. The van der Waals surface area contributed by atoms with Crippen molar-refractivity contribution in [3.05, 3.63) is 46.0 Å². The van der Waals surface area contributed by atoms with Gasteiger partial charge < -0.3 is 5.73 Å². The zero-order valence-corrected chi connectivity index (χ0v) is 13.0. The van der Waals surface area contributed by atoms with Crippen molar-refractivity contribution in [2.45, 2.75) is 46.2 Å². The van der Waals surface area contributed by atoms with Gasteiger partial charge in [0.25, 0.3) is 0 Å². The van der Waals surface area contributed by atoms with E-state index in [2.05, 4.69) is 23.9 Å². The second-order valence-corrected chi connectivity index (χ2v) is 5.30. The summed E-state index contributed by atoms with van der Waals surface area (Å²) in [5.74, 6) is 0. The van der Waals surface area contributed by atoms with Crippen LogP contribution in [0.4, 0.5) is 0 Å². The van der Waals surface area contributed by atoms with Crippen LogP contribution in [-0.2, 0) is 19.4 Å². The summed E-state index contributed by atoms with van der Waals surface area (Å²) in [5.41, 5.74) is 10.2. The molecule has 0 saturated carbocycles. The van der Waals surface area contributed by atoms with Crippen molar-refractivity contribution in [1.29, 1.82) is 0 Å². The molecule has 1 atom stereocenters. The Labute approximate surface area is 125 Å². The Balaban J connectivity index is 2.25. The number of halogens is 1. The quantitative estimate of drug-likeness (QED) is 0.921. The summed E-state index contributed by atoms with van der Waals surface area (Å²) in [7, 11) is 0. The average molecular weight is 293 g/mol. The van der Waals surface area contributed by atoms with E-state index in [1.807, 2.05) is 29.9 Å². The number of rotatable bonds is 5. The summed E-state index contributed by atoms with van der Waals surface area (Å²) in [5, 5.41) is 5.28. The van der Waals surface area contributed by atoms with Crippen molar-refractivity contribution in [3.8, 4) is 0 Å². The molecule has 5 heteroatoms. The highest BCUT2D eigenvalue weighted by Gasteiger charge is 2.18. The first-order chi connectivity index (χ1) is 9.56. The normalized spacial score (nSPS) is 12.7. The van der Waals surface area contributed by atoms with Gasteiger partial charge in [-0.3, -0.25) is 9.67 Å². The van der Waals surface area contributed by atoms with Crippen LogP contribution in [0.2, 0.25) is 5.02 Å². The summed E-state index contributed by atoms with van der Waals surface area (Å²) in [6, 6.07) is 3.88. The molecule has 0 radical (unpaired) electrons. The Hall–Kier alpha value is -1.39. The fraction of sp³-hybridized carbons (Fsp3) is 0.467. The topological polar surface area (TPSA) is 56.7 Å². The van der Waals surface area contributed by atoms with E-state index >= 15 is 0 Å². The summed E-state index contributed by atoms with van der Waals surface area (Å²) < 4.78 is 1.95. The van der Waals surface area contributed by atoms with Crippen LogP contribution in [0.3, 0.4) is 0 Å². The van der Waals surface area contributed by atoms with Gasteiger partial charge in [0.2, 0.25) is 0 Å². The predicted octanol–water partition coefficient (Wildman–Crippen LogP) is 3.06. The number of hydrogen-bond donors (Lipinski definition) is 1. The number of nitrogens with two attached hydrogens (primary N) is 1. The van der Waals surface area contributed by atoms with Crippen molar-refractivity contribution in [3.63, 3.8) is 0 Å². The molecule has 2 rings (SSSR count). The molecule has 0 bridgehead atoms. The van der Waals surface area contributed by atoms with Gasteiger partial charge in [0.15, 0.2) is 0 Å². The van der Waals surface area contributed by atoms with Crippen molar-refractivity contribution in [2.75, 3.05) is 0 Å². The first-order valence-electron chi connectivity index (χ1n) is 6.99. The molecule has 20 heavy (non-hydrogen) atoms. The minimum atomic E-state index is -0.118. The maximum absolute atomic E-state index is 6.41. The lowest BCUT2D eigenvalue weighted by Crippen LogP contribution is -2.16. The molecule has 108 valence electrons. The van der Waals surface area contributed by atoms with E-state index in [1.54, 1.807) is 0 Å². The Bertz CT molecular complexity index is 574. The second-order valence-electron chi connectivity index (χ2n) is 4.92. The third-order valence-electron chi connectivity index (χ3n) is 3.47. The summed E-state index contributed by atoms with van der Waals surface area (Å²) in [6.45, 7) is 6.88. The molecule has 1 unspecified atom stereocenters. The van der Waals surface area contributed by atoms with Crippen LogP contribution < -0.4 is 5.73 Å². The van der Waals surface area contributed by atoms with Crippen molar-refractivity contribution in [1.82, 2.24) is 14.8 Å². The van der Waals surface area contributed by atoms with Crippen molar-refractivity contribution >= 4 is 11.6 Å². The molecule has 0 aliphatic carbocycles. The van der Waals surface area contributed by atoms with Crippen molar-refractivity contribution in [2.24, 2.45) is 5.73 Å². The highest BCUT2D eigenvalue weighted by atomic mass is 35.5. The van der Waals surface area contributed by atoms with E-state index < -0.39 is 0 Å². The Kier molecular flexibility index (Phi) is 4.78. The van der Waals surface area contributed by atoms with Crippen LogP contribution in [0.5, 0.6) is 0 Å². The standard InChI is InChI=1S/C15H21ClN4/c1-4-13-15(16)14(20(5-2)19-13)8-12(17)11-7-6-10(3)18-9-11/h6-7,9,12H,4-5,8,17H2,1-3H3. The summed E-state index contributed by atoms with van der Waals surface area (Å²) in [6.07, 6.45) is 3.34. The van der Waals surface area contributed by atoms with Crippen LogP contribution in [0.1, 0.15) is 42.5 Å². The van der Waals surface area contributed by atoms with Gasteiger partial charge >= 0.3 is 0 Å². The van der Waals surface area contributed by atoms with E-state index in [4.69, 9.17) is 17.3 Å². The van der Waals surface area contributed by atoms with Gasteiger partial charge in [0.1, 0.15) is 0 Å². The van der Waals surface area contributed by atoms with Gasteiger partial charge in [-0.15, -0.1) is 0 Å². The van der Waals surface area contributed by atoms with Crippen LogP contribution in [0.15, 0.2) is 18.3 Å². The number of nitrogens with zero attached hydrogens (tertiary/aromatic N) is 3. The average Bonchev–Trinajstić information content (AvgIpc) is 2.76. The first kappa shape index (κ1) is 15.0. The monoisotopic (exact) mass is 292 g/mol. The molecule has 0 aliphatic heterocycles. The van der Waals surface area contributed by atoms with E-state index in [0.717, 1.165) is 40.6 Å². The van der Waals surface area contributed by atoms with Gasteiger partial charge in [-0.1, -0.05) is 24.6 Å². The molecule has 2 aromatic heterocycles. The molecular formula is C15H21ClN4. The second kappa shape index (κ2) is 6.37. The lowest BCUT2D eigenvalue weighted by Gasteiger charge is -2.13. The molecule has 4 nitrogen and oxygen atoms in total. The predicted molar refractivity (Wildman–Crippen MR) is 81.9 cm³/mol. The molecule has 0 aliphatic rings. The van der Waals surface area contributed by atoms with E-state index in [-0.39, 0.29) is 6.04 Å². The summed E-state index contributed by atoms with van der Waals surface area (Å²) in [4.78, 5) is 4.29. The van der Waals surface area contributed by atoms with Gasteiger partial charge in [-0.2, -0.15) is 5.10 Å². The van der Waals surface area contributed by atoms with Gasteiger partial charge in [0, 0.05) is 30.9 Å². The maximum atomic E-state index is 6.41. The first-order valence-corrected chi connectivity index (χ1v) is 7.36. The summed E-state index contributed by atoms with van der Waals surface area (Å²) >= 11 is 6.41. The number of aromatic nitrogens is 3. The third-order valence-corrected chi connectivity index (χ3v) is 3.91. The minimum absolute atomic E-state index is 0.118. The van der Waals surface area contributed by atoms with E-state index in [0.29, 0.717) is 6.42 Å². The van der Waals surface area contributed by atoms with E-state index in [1.165, 1.54) is 0 Å². The largest absolute Gasteiger partial charge is 0.324 e. The molecule has 0 spiro atoms. The van der Waals surface area contributed by atoms with E-state index in [9.17, 15) is 0 Å². The zero-order valence-electron chi connectivity index (χ0n) is 12.2. The maximum Gasteiger partial charge on any atom is 0.0850 e. The number of hydrogen-bond acceptors (Lipinski definition) is 3. The van der Waals surface area contributed by atoms with Gasteiger partial charge in [-0.25, -0.2) is 0 Å². The molecule has 0 saturated heterocycles. The van der Waals surface area contributed by atoms with Crippen molar-refractivity contribution < 1.29 is 0 Å². The molecule has 2 heterocycles. The zero-order chi connectivity index (χ0) is 14.7. The van der Waals surface area contributed by atoms with Crippen LogP contribution in [0, 0.1) is 6.92 Å². The Morgan fingerprint density at radius 2 is 2.10 bits per heavy atom. The molecule has 2 aromatic rings. The fourth-order valence-corrected chi connectivity index (χ4v) is 2.58. The SMILES string of the molecule is CCc1nn(CC)c(CC(N)c2ccc(C)nc2)c1Cl. The van der Waals surface area contributed by atoms with Crippen LogP contribution >= 0.6 is 11.6 Å².